The van der Waals surface area contributed by atoms with E-state index < -0.39 is 0 Å². The summed E-state index contributed by atoms with van der Waals surface area (Å²) in [4.78, 5) is 2.52. The van der Waals surface area contributed by atoms with E-state index in [2.05, 4.69) is 67.6 Å². The Morgan fingerprint density at radius 3 is 2.35 bits per heavy atom. The summed E-state index contributed by atoms with van der Waals surface area (Å²) >= 11 is 0. The van der Waals surface area contributed by atoms with Crippen LogP contribution in [0.5, 0.6) is 0 Å². The molecule has 20 heavy (non-hydrogen) atoms. The second kappa shape index (κ2) is 8.42. The Hall–Kier alpha value is -0.870. The lowest BCUT2D eigenvalue weighted by atomic mass is 10.2. The van der Waals surface area contributed by atoms with Crippen molar-refractivity contribution in [2.45, 2.75) is 73.1 Å². The van der Waals surface area contributed by atoms with Gasteiger partial charge in [0.15, 0.2) is 0 Å². The van der Waals surface area contributed by atoms with Gasteiger partial charge < -0.3 is 5.32 Å². The van der Waals surface area contributed by atoms with E-state index in [0.29, 0.717) is 12.1 Å². The minimum Gasteiger partial charge on any atom is -0.310 e. The molecule has 0 saturated carbocycles. The number of rotatable bonds is 9. The van der Waals surface area contributed by atoms with Gasteiger partial charge in [-0.05, 0) is 47.1 Å². The standard InChI is InChI=1S/C16H32N4/c1-7-15-11-16(20(8-2)18-15)12-17-9-10-19(13(3)4)14(5)6/h11,13-14,17H,7-10,12H2,1-6H3. The van der Waals surface area contributed by atoms with Crippen LogP contribution in [0.25, 0.3) is 0 Å². The van der Waals surface area contributed by atoms with E-state index >= 15 is 0 Å². The second-order valence-electron chi connectivity index (χ2n) is 5.90. The molecule has 1 rings (SSSR count). The fraction of sp³-hybridized carbons (Fsp3) is 0.812. The quantitative estimate of drug-likeness (QED) is 0.706. The molecule has 4 nitrogen and oxygen atoms in total. The SMILES string of the molecule is CCc1cc(CNCCN(C(C)C)C(C)C)n(CC)n1. The van der Waals surface area contributed by atoms with Gasteiger partial charge in [0.2, 0.25) is 0 Å². The van der Waals surface area contributed by atoms with E-state index in [1.54, 1.807) is 0 Å². The van der Waals surface area contributed by atoms with E-state index in [1.165, 1.54) is 11.4 Å². The number of nitrogens with one attached hydrogen (secondary N) is 1. The van der Waals surface area contributed by atoms with Crippen molar-refractivity contribution in [2.75, 3.05) is 13.1 Å². The Labute approximate surface area is 124 Å². The highest BCUT2D eigenvalue weighted by molar-refractivity contribution is 5.10. The predicted molar refractivity (Wildman–Crippen MR) is 86.0 cm³/mol. The molecule has 0 fully saturated rings. The fourth-order valence-corrected chi connectivity index (χ4v) is 2.64. The molecule has 0 aromatic carbocycles. The van der Waals surface area contributed by atoms with Crippen LogP contribution in [0.1, 0.15) is 52.9 Å². The summed E-state index contributed by atoms with van der Waals surface area (Å²) in [6, 6.07) is 3.42. The van der Waals surface area contributed by atoms with Crippen molar-refractivity contribution in [3.8, 4) is 0 Å². The van der Waals surface area contributed by atoms with Gasteiger partial charge in [-0.15, -0.1) is 0 Å². The molecule has 0 unspecified atom stereocenters. The molecule has 4 heteroatoms. The monoisotopic (exact) mass is 280 g/mol. The maximum Gasteiger partial charge on any atom is 0.0625 e. The topological polar surface area (TPSA) is 33.1 Å². The van der Waals surface area contributed by atoms with Gasteiger partial charge in [0.25, 0.3) is 0 Å². The van der Waals surface area contributed by atoms with Gasteiger partial charge in [0.05, 0.1) is 11.4 Å². The summed E-state index contributed by atoms with van der Waals surface area (Å²) in [5.74, 6) is 0. The van der Waals surface area contributed by atoms with Gasteiger partial charge >= 0.3 is 0 Å². The van der Waals surface area contributed by atoms with Gasteiger partial charge in [-0.25, -0.2) is 0 Å². The molecule has 0 saturated heterocycles. The van der Waals surface area contributed by atoms with Crippen LogP contribution in [-0.4, -0.2) is 39.9 Å². The van der Waals surface area contributed by atoms with Crippen molar-refractivity contribution in [3.05, 3.63) is 17.5 Å². The van der Waals surface area contributed by atoms with Crippen LogP contribution in [0.4, 0.5) is 0 Å². The van der Waals surface area contributed by atoms with Gasteiger partial charge in [-0.3, -0.25) is 9.58 Å². The summed E-state index contributed by atoms with van der Waals surface area (Å²) in [5, 5.41) is 8.14. The minimum absolute atomic E-state index is 0.602. The average molecular weight is 280 g/mol. The fourth-order valence-electron chi connectivity index (χ4n) is 2.64. The largest absolute Gasteiger partial charge is 0.310 e. The number of nitrogens with zero attached hydrogens (tertiary/aromatic N) is 3. The first-order chi connectivity index (χ1) is 9.49. The highest BCUT2D eigenvalue weighted by Crippen LogP contribution is 2.06. The smallest absolute Gasteiger partial charge is 0.0625 e. The maximum atomic E-state index is 4.58. The molecular formula is C16H32N4. The zero-order valence-corrected chi connectivity index (χ0v) is 14.1. The molecule has 1 N–H and O–H groups in total. The Morgan fingerprint density at radius 2 is 1.85 bits per heavy atom. The van der Waals surface area contributed by atoms with Crippen LogP contribution in [0.3, 0.4) is 0 Å². The molecule has 0 atom stereocenters. The Morgan fingerprint density at radius 1 is 1.20 bits per heavy atom. The first kappa shape index (κ1) is 17.2. The van der Waals surface area contributed by atoms with Crippen LogP contribution in [-0.2, 0) is 19.5 Å². The highest BCUT2D eigenvalue weighted by Gasteiger charge is 2.12. The zero-order chi connectivity index (χ0) is 15.1. The highest BCUT2D eigenvalue weighted by atomic mass is 15.3. The molecule has 0 bridgehead atoms. The molecular weight excluding hydrogens is 248 g/mol. The molecule has 1 aromatic rings. The Bertz CT molecular complexity index is 374. The third-order valence-electron chi connectivity index (χ3n) is 3.76. The van der Waals surface area contributed by atoms with Crippen LogP contribution >= 0.6 is 0 Å². The molecule has 0 aliphatic rings. The molecule has 0 aliphatic carbocycles. The van der Waals surface area contributed by atoms with E-state index in [0.717, 1.165) is 32.6 Å². The van der Waals surface area contributed by atoms with Crippen LogP contribution < -0.4 is 5.32 Å². The van der Waals surface area contributed by atoms with Crippen molar-refractivity contribution >= 4 is 0 Å². The number of aromatic nitrogens is 2. The number of hydrogen-bond acceptors (Lipinski definition) is 3. The van der Waals surface area contributed by atoms with Gasteiger partial charge in [0, 0.05) is 38.3 Å². The third kappa shape index (κ3) is 4.91. The van der Waals surface area contributed by atoms with E-state index in [9.17, 15) is 0 Å². The maximum absolute atomic E-state index is 4.58. The molecule has 116 valence electrons. The van der Waals surface area contributed by atoms with Crippen molar-refractivity contribution in [2.24, 2.45) is 0 Å². The van der Waals surface area contributed by atoms with E-state index in [-0.39, 0.29) is 0 Å². The molecule has 0 radical (unpaired) electrons. The Balaban J connectivity index is 2.42. The molecule has 0 spiro atoms. The predicted octanol–water partition coefficient (Wildman–Crippen LogP) is 2.67. The Kier molecular flexibility index (Phi) is 7.24. The van der Waals surface area contributed by atoms with Crippen LogP contribution in [0, 0.1) is 0 Å². The van der Waals surface area contributed by atoms with Crippen molar-refractivity contribution < 1.29 is 0 Å². The van der Waals surface area contributed by atoms with Gasteiger partial charge in [0.1, 0.15) is 0 Å². The summed E-state index contributed by atoms with van der Waals surface area (Å²) in [7, 11) is 0. The lowest BCUT2D eigenvalue weighted by Crippen LogP contribution is -2.41. The number of aryl methyl sites for hydroxylation is 2. The number of hydrogen-bond donors (Lipinski definition) is 1. The summed E-state index contributed by atoms with van der Waals surface area (Å²) < 4.78 is 2.11. The van der Waals surface area contributed by atoms with Gasteiger partial charge in [-0.1, -0.05) is 6.92 Å². The molecule has 0 amide bonds. The summed E-state index contributed by atoms with van der Waals surface area (Å²) in [5.41, 5.74) is 2.49. The zero-order valence-electron chi connectivity index (χ0n) is 14.1. The van der Waals surface area contributed by atoms with Crippen molar-refractivity contribution in [1.29, 1.82) is 0 Å². The third-order valence-corrected chi connectivity index (χ3v) is 3.76. The van der Waals surface area contributed by atoms with Crippen LogP contribution in [0.2, 0.25) is 0 Å². The van der Waals surface area contributed by atoms with Gasteiger partial charge in [-0.2, -0.15) is 5.10 Å². The lowest BCUT2D eigenvalue weighted by molar-refractivity contribution is 0.175. The molecule has 1 heterocycles. The molecule has 1 aromatic heterocycles. The normalized spacial score (nSPS) is 12.1. The molecule has 0 aliphatic heterocycles. The first-order valence-corrected chi connectivity index (χ1v) is 8.01. The van der Waals surface area contributed by atoms with Crippen molar-refractivity contribution in [1.82, 2.24) is 20.0 Å². The van der Waals surface area contributed by atoms with E-state index in [1.807, 2.05) is 0 Å². The van der Waals surface area contributed by atoms with E-state index in [4.69, 9.17) is 0 Å². The second-order valence-corrected chi connectivity index (χ2v) is 5.90. The first-order valence-electron chi connectivity index (χ1n) is 8.01. The van der Waals surface area contributed by atoms with Crippen LogP contribution in [0.15, 0.2) is 6.07 Å². The summed E-state index contributed by atoms with van der Waals surface area (Å²) in [6.07, 6.45) is 1.01. The average Bonchev–Trinajstić information content (AvgIpc) is 2.80. The summed E-state index contributed by atoms with van der Waals surface area (Å²) in [6.45, 7) is 17.3. The van der Waals surface area contributed by atoms with Crippen molar-refractivity contribution in [3.63, 3.8) is 0 Å². The lowest BCUT2D eigenvalue weighted by Gasteiger charge is -2.30. The minimum atomic E-state index is 0.602.